The lowest BCUT2D eigenvalue weighted by Gasteiger charge is -2.35. The monoisotopic (exact) mass is 264 g/mol. The molecule has 0 amide bonds. The van der Waals surface area contributed by atoms with Crippen LogP contribution in [0.3, 0.4) is 0 Å². The number of benzene rings is 2. The SMILES string of the molecule is CC1=NN(c2ccc(C)cc2)[C@@](C)(c2ccccc2)C1. The van der Waals surface area contributed by atoms with Gasteiger partial charge in [-0.1, -0.05) is 48.0 Å². The molecule has 0 unspecified atom stereocenters. The summed E-state index contributed by atoms with van der Waals surface area (Å²) in [5.41, 5.74) is 4.81. The molecule has 0 radical (unpaired) electrons. The molecule has 0 bridgehead atoms. The Labute approximate surface area is 120 Å². The van der Waals surface area contributed by atoms with Crippen molar-refractivity contribution in [2.45, 2.75) is 32.7 Å². The van der Waals surface area contributed by atoms with Gasteiger partial charge >= 0.3 is 0 Å². The predicted molar refractivity (Wildman–Crippen MR) is 85.2 cm³/mol. The van der Waals surface area contributed by atoms with E-state index in [2.05, 4.69) is 80.4 Å². The lowest BCUT2D eigenvalue weighted by molar-refractivity contribution is 0.491. The third-order valence-corrected chi connectivity index (χ3v) is 4.01. The van der Waals surface area contributed by atoms with Crippen molar-refractivity contribution in [3.63, 3.8) is 0 Å². The van der Waals surface area contributed by atoms with Gasteiger partial charge in [0.15, 0.2) is 0 Å². The maximum atomic E-state index is 4.77. The smallest absolute Gasteiger partial charge is 0.0907 e. The second-order valence-electron chi connectivity index (χ2n) is 5.80. The van der Waals surface area contributed by atoms with E-state index in [0.29, 0.717) is 0 Å². The minimum Gasteiger partial charge on any atom is -0.255 e. The van der Waals surface area contributed by atoms with Crippen LogP contribution in [0, 0.1) is 6.92 Å². The summed E-state index contributed by atoms with van der Waals surface area (Å²) in [4.78, 5) is 0. The molecule has 1 atom stereocenters. The molecule has 2 aromatic carbocycles. The molecule has 2 heteroatoms. The Morgan fingerprint density at radius 1 is 0.950 bits per heavy atom. The van der Waals surface area contributed by atoms with E-state index < -0.39 is 0 Å². The summed E-state index contributed by atoms with van der Waals surface area (Å²) in [5.74, 6) is 0. The molecule has 0 fully saturated rings. The van der Waals surface area contributed by atoms with Gasteiger partial charge in [-0.3, -0.25) is 5.01 Å². The second kappa shape index (κ2) is 4.78. The summed E-state index contributed by atoms with van der Waals surface area (Å²) >= 11 is 0. The lowest BCUT2D eigenvalue weighted by Crippen LogP contribution is -2.37. The van der Waals surface area contributed by atoms with Crippen molar-refractivity contribution >= 4 is 11.4 Å². The van der Waals surface area contributed by atoms with E-state index >= 15 is 0 Å². The minimum atomic E-state index is -0.0966. The van der Waals surface area contributed by atoms with Crippen LogP contribution in [-0.2, 0) is 5.54 Å². The molecule has 0 N–H and O–H groups in total. The number of hydrazone groups is 1. The highest BCUT2D eigenvalue weighted by atomic mass is 15.5. The number of rotatable bonds is 2. The number of anilines is 1. The molecule has 1 heterocycles. The van der Waals surface area contributed by atoms with Crippen LogP contribution >= 0.6 is 0 Å². The van der Waals surface area contributed by atoms with Crippen molar-refractivity contribution in [3.8, 4) is 0 Å². The summed E-state index contributed by atoms with van der Waals surface area (Å²) in [6.07, 6.45) is 0.963. The molecular formula is C18H20N2. The van der Waals surface area contributed by atoms with Crippen LogP contribution < -0.4 is 5.01 Å². The van der Waals surface area contributed by atoms with Gasteiger partial charge in [0.05, 0.1) is 11.2 Å². The van der Waals surface area contributed by atoms with Gasteiger partial charge in [0.25, 0.3) is 0 Å². The molecule has 0 spiro atoms. The van der Waals surface area contributed by atoms with E-state index in [1.807, 2.05) is 0 Å². The van der Waals surface area contributed by atoms with Crippen LogP contribution in [0.4, 0.5) is 5.69 Å². The molecule has 0 saturated heterocycles. The Morgan fingerprint density at radius 3 is 2.25 bits per heavy atom. The molecule has 20 heavy (non-hydrogen) atoms. The van der Waals surface area contributed by atoms with Crippen molar-refractivity contribution in [1.29, 1.82) is 0 Å². The fraction of sp³-hybridized carbons (Fsp3) is 0.278. The predicted octanol–water partition coefficient (Wildman–Crippen LogP) is 4.50. The number of nitrogens with zero attached hydrogens (tertiary/aromatic N) is 2. The average Bonchev–Trinajstić information content (AvgIpc) is 2.77. The maximum Gasteiger partial charge on any atom is 0.0907 e. The van der Waals surface area contributed by atoms with Crippen LogP contribution in [0.1, 0.15) is 31.4 Å². The van der Waals surface area contributed by atoms with Gasteiger partial charge < -0.3 is 0 Å². The number of hydrogen-bond donors (Lipinski definition) is 0. The Morgan fingerprint density at radius 2 is 1.60 bits per heavy atom. The first-order valence-corrected chi connectivity index (χ1v) is 7.06. The quantitative estimate of drug-likeness (QED) is 0.780. The van der Waals surface area contributed by atoms with Crippen LogP contribution in [-0.4, -0.2) is 5.71 Å². The van der Waals surface area contributed by atoms with Gasteiger partial charge in [0.1, 0.15) is 0 Å². The first-order chi connectivity index (χ1) is 9.59. The van der Waals surface area contributed by atoms with Crippen molar-refractivity contribution in [2.24, 2.45) is 5.10 Å². The van der Waals surface area contributed by atoms with E-state index in [-0.39, 0.29) is 5.54 Å². The summed E-state index contributed by atoms with van der Waals surface area (Å²) in [6.45, 7) is 6.48. The zero-order chi connectivity index (χ0) is 14.2. The largest absolute Gasteiger partial charge is 0.255 e. The molecule has 1 aliphatic rings. The summed E-state index contributed by atoms with van der Waals surface area (Å²) in [6, 6.07) is 19.2. The first kappa shape index (κ1) is 12.9. The Hall–Kier alpha value is -2.09. The zero-order valence-corrected chi connectivity index (χ0v) is 12.3. The maximum absolute atomic E-state index is 4.77. The Kier molecular flexibility index (Phi) is 3.09. The van der Waals surface area contributed by atoms with Crippen LogP contribution in [0.15, 0.2) is 59.7 Å². The van der Waals surface area contributed by atoms with Gasteiger partial charge in [-0.05, 0) is 38.5 Å². The van der Waals surface area contributed by atoms with Gasteiger partial charge in [-0.15, -0.1) is 0 Å². The number of hydrogen-bond acceptors (Lipinski definition) is 2. The molecular weight excluding hydrogens is 244 g/mol. The Balaban J connectivity index is 2.05. The first-order valence-electron chi connectivity index (χ1n) is 7.06. The lowest BCUT2D eigenvalue weighted by atomic mass is 9.87. The van der Waals surface area contributed by atoms with Gasteiger partial charge in [0.2, 0.25) is 0 Å². The van der Waals surface area contributed by atoms with E-state index in [9.17, 15) is 0 Å². The molecule has 102 valence electrons. The highest BCUT2D eigenvalue weighted by Crippen LogP contribution is 2.40. The highest BCUT2D eigenvalue weighted by Gasteiger charge is 2.39. The molecule has 2 aromatic rings. The molecule has 3 rings (SSSR count). The van der Waals surface area contributed by atoms with Crippen LogP contribution in [0.5, 0.6) is 0 Å². The highest BCUT2D eigenvalue weighted by molar-refractivity contribution is 5.87. The van der Waals surface area contributed by atoms with Crippen molar-refractivity contribution < 1.29 is 0 Å². The summed E-state index contributed by atoms with van der Waals surface area (Å²) in [7, 11) is 0. The van der Waals surface area contributed by atoms with E-state index in [4.69, 9.17) is 5.10 Å². The van der Waals surface area contributed by atoms with Gasteiger partial charge in [-0.25, -0.2) is 0 Å². The topological polar surface area (TPSA) is 15.6 Å². The zero-order valence-electron chi connectivity index (χ0n) is 12.3. The number of aryl methyl sites for hydroxylation is 1. The molecule has 1 aliphatic heterocycles. The summed E-state index contributed by atoms with van der Waals surface area (Å²) < 4.78 is 0. The average molecular weight is 264 g/mol. The van der Waals surface area contributed by atoms with Crippen molar-refractivity contribution in [3.05, 3.63) is 65.7 Å². The fourth-order valence-corrected chi connectivity index (χ4v) is 2.94. The van der Waals surface area contributed by atoms with E-state index in [1.54, 1.807) is 0 Å². The third kappa shape index (κ3) is 2.11. The van der Waals surface area contributed by atoms with Gasteiger partial charge in [-0.2, -0.15) is 5.10 Å². The standard InChI is InChI=1S/C18H20N2/c1-14-9-11-17(12-10-14)20-18(3,13-15(2)19-20)16-7-5-4-6-8-16/h4-12H,13H2,1-3H3/t18-/m1/s1. The molecule has 0 aliphatic carbocycles. The normalized spacial score (nSPS) is 21.9. The molecule has 0 saturated carbocycles. The second-order valence-corrected chi connectivity index (χ2v) is 5.80. The van der Waals surface area contributed by atoms with E-state index in [1.165, 1.54) is 16.8 Å². The summed E-state index contributed by atoms with van der Waals surface area (Å²) in [5, 5.41) is 6.93. The third-order valence-electron chi connectivity index (χ3n) is 4.01. The Bertz CT molecular complexity index is 628. The van der Waals surface area contributed by atoms with Crippen molar-refractivity contribution in [1.82, 2.24) is 0 Å². The van der Waals surface area contributed by atoms with Crippen LogP contribution in [0.25, 0.3) is 0 Å². The van der Waals surface area contributed by atoms with Crippen molar-refractivity contribution in [2.75, 3.05) is 5.01 Å². The molecule has 2 nitrogen and oxygen atoms in total. The van der Waals surface area contributed by atoms with Crippen LogP contribution in [0.2, 0.25) is 0 Å². The van der Waals surface area contributed by atoms with E-state index in [0.717, 1.165) is 12.1 Å². The minimum absolute atomic E-state index is 0.0966. The molecule has 0 aromatic heterocycles. The fourth-order valence-electron chi connectivity index (χ4n) is 2.94. The van der Waals surface area contributed by atoms with Gasteiger partial charge in [0, 0.05) is 12.1 Å².